The molecule has 2 unspecified atom stereocenters. The van der Waals surface area contributed by atoms with E-state index in [9.17, 15) is 13.9 Å². The van der Waals surface area contributed by atoms with Gasteiger partial charge in [0.25, 0.3) is 0 Å². The molecule has 11 heteroatoms. The quantitative estimate of drug-likeness (QED) is 0.306. The second kappa shape index (κ2) is 10.4. The summed E-state index contributed by atoms with van der Waals surface area (Å²) in [7, 11) is 0. The number of nitrogens with zero attached hydrogens (tertiary/aromatic N) is 5. The first-order chi connectivity index (χ1) is 21.3. The molecule has 4 aliphatic heterocycles. The van der Waals surface area contributed by atoms with Crippen LogP contribution in [0.25, 0.3) is 32.9 Å². The molecular formula is C33H34F3N5O3. The van der Waals surface area contributed by atoms with Crippen LogP contribution in [0.4, 0.5) is 19.0 Å². The lowest BCUT2D eigenvalue weighted by atomic mass is 9.94. The number of halogens is 3. The molecule has 0 spiro atoms. The summed E-state index contributed by atoms with van der Waals surface area (Å²) in [5.41, 5.74) is 0.252. The molecule has 2 aromatic heterocycles. The SMILES string of the molecule is CCc1c(F)ccc2cc(O)cc(-c3ncc4c(N5CC6CCOC6C5)nc(OC[C@@]56CCCN5C[C@H](F)C6)nc4c3F)c12. The van der Waals surface area contributed by atoms with E-state index in [1.54, 1.807) is 12.3 Å². The molecule has 0 aliphatic carbocycles. The van der Waals surface area contributed by atoms with Crippen LogP contribution >= 0.6 is 0 Å². The topological polar surface area (TPSA) is 83.8 Å². The number of aromatic nitrogens is 3. The minimum Gasteiger partial charge on any atom is -0.508 e. The van der Waals surface area contributed by atoms with Crippen LogP contribution in [0.1, 0.15) is 38.2 Å². The summed E-state index contributed by atoms with van der Waals surface area (Å²) in [6, 6.07) is 5.89. The van der Waals surface area contributed by atoms with Crippen molar-refractivity contribution < 1.29 is 27.8 Å². The first-order valence-electron chi connectivity index (χ1n) is 15.5. The van der Waals surface area contributed by atoms with E-state index < -0.39 is 23.3 Å². The average Bonchev–Trinajstić information content (AvgIpc) is 3.77. The lowest BCUT2D eigenvalue weighted by Crippen LogP contribution is -2.43. The normalized spacial score (nSPS) is 26.6. The Morgan fingerprint density at radius 2 is 2.05 bits per heavy atom. The number of pyridine rings is 1. The van der Waals surface area contributed by atoms with Crippen LogP contribution in [0, 0.1) is 17.6 Å². The molecule has 0 amide bonds. The number of rotatable bonds is 6. The maximum Gasteiger partial charge on any atom is 0.319 e. The van der Waals surface area contributed by atoms with Gasteiger partial charge in [0.05, 0.1) is 17.0 Å². The minimum atomic E-state index is -0.906. The van der Waals surface area contributed by atoms with Crippen molar-refractivity contribution in [1.29, 1.82) is 0 Å². The summed E-state index contributed by atoms with van der Waals surface area (Å²) in [6.45, 7) is 5.31. The molecule has 2 aromatic carbocycles. The number of aryl methyl sites for hydroxylation is 1. The Morgan fingerprint density at radius 3 is 2.89 bits per heavy atom. The molecular weight excluding hydrogens is 571 g/mol. The second-order valence-corrected chi connectivity index (χ2v) is 12.7. The van der Waals surface area contributed by atoms with Crippen molar-refractivity contribution in [2.45, 2.75) is 56.8 Å². The fourth-order valence-corrected chi connectivity index (χ4v) is 8.05. The maximum atomic E-state index is 16.7. The fraction of sp³-hybridized carbons (Fsp3) is 0.485. The highest BCUT2D eigenvalue weighted by Gasteiger charge is 2.49. The van der Waals surface area contributed by atoms with E-state index in [0.29, 0.717) is 65.9 Å². The number of phenols is 1. The predicted molar refractivity (Wildman–Crippen MR) is 160 cm³/mol. The van der Waals surface area contributed by atoms with Crippen molar-refractivity contribution in [2.75, 3.05) is 44.3 Å². The van der Waals surface area contributed by atoms with Gasteiger partial charge in [-0.2, -0.15) is 9.97 Å². The van der Waals surface area contributed by atoms with Gasteiger partial charge in [-0.1, -0.05) is 13.0 Å². The summed E-state index contributed by atoms with van der Waals surface area (Å²) in [5.74, 6) is -0.333. The monoisotopic (exact) mass is 605 g/mol. The Kier molecular flexibility index (Phi) is 6.60. The lowest BCUT2D eigenvalue weighted by molar-refractivity contribution is 0.107. The molecule has 4 aromatic rings. The second-order valence-electron chi connectivity index (χ2n) is 12.7. The van der Waals surface area contributed by atoms with Gasteiger partial charge in [0.2, 0.25) is 0 Å². The molecule has 6 heterocycles. The largest absolute Gasteiger partial charge is 0.508 e. The first kappa shape index (κ1) is 27.8. The van der Waals surface area contributed by atoms with E-state index in [0.717, 1.165) is 32.4 Å². The number of aromatic hydroxyl groups is 1. The van der Waals surface area contributed by atoms with Gasteiger partial charge in [-0.05, 0) is 66.8 Å². The van der Waals surface area contributed by atoms with Gasteiger partial charge in [-0.25, -0.2) is 13.2 Å². The summed E-state index contributed by atoms with van der Waals surface area (Å²) >= 11 is 0. The summed E-state index contributed by atoms with van der Waals surface area (Å²) < 4.78 is 58.3. The van der Waals surface area contributed by atoms with Gasteiger partial charge < -0.3 is 19.5 Å². The van der Waals surface area contributed by atoms with Gasteiger partial charge in [0.1, 0.15) is 41.4 Å². The first-order valence-corrected chi connectivity index (χ1v) is 15.5. The molecule has 230 valence electrons. The van der Waals surface area contributed by atoms with E-state index in [1.165, 1.54) is 18.2 Å². The Labute approximate surface area is 252 Å². The van der Waals surface area contributed by atoms with Crippen molar-refractivity contribution in [2.24, 2.45) is 5.92 Å². The average molecular weight is 606 g/mol. The van der Waals surface area contributed by atoms with Gasteiger partial charge in [-0.15, -0.1) is 0 Å². The molecule has 8 nitrogen and oxygen atoms in total. The van der Waals surface area contributed by atoms with Crippen molar-refractivity contribution >= 4 is 27.5 Å². The third-order valence-corrected chi connectivity index (χ3v) is 10.1. The maximum absolute atomic E-state index is 16.7. The number of alkyl halides is 1. The van der Waals surface area contributed by atoms with Crippen molar-refractivity contribution in [3.05, 3.63) is 47.7 Å². The van der Waals surface area contributed by atoms with Crippen LogP contribution in [0.15, 0.2) is 30.5 Å². The number of anilines is 1. The minimum absolute atomic E-state index is 0.0196. The van der Waals surface area contributed by atoms with E-state index in [2.05, 4.69) is 19.8 Å². The zero-order chi connectivity index (χ0) is 30.2. The zero-order valence-corrected chi connectivity index (χ0v) is 24.5. The van der Waals surface area contributed by atoms with Crippen LogP contribution in [0.2, 0.25) is 0 Å². The molecule has 0 radical (unpaired) electrons. The Hall–Kier alpha value is -3.70. The van der Waals surface area contributed by atoms with Crippen molar-refractivity contribution in [3.8, 4) is 23.0 Å². The zero-order valence-electron chi connectivity index (χ0n) is 24.5. The van der Waals surface area contributed by atoms with Gasteiger partial charge in [0, 0.05) is 50.3 Å². The Bertz CT molecular complexity index is 1780. The number of phenolic OH excluding ortho intramolecular Hbond substituents is 1. The van der Waals surface area contributed by atoms with Crippen LogP contribution in [0.5, 0.6) is 11.8 Å². The molecule has 1 N–H and O–H groups in total. The van der Waals surface area contributed by atoms with Gasteiger partial charge in [0.15, 0.2) is 5.82 Å². The van der Waals surface area contributed by atoms with Crippen LogP contribution in [-0.4, -0.2) is 82.2 Å². The molecule has 4 fully saturated rings. The van der Waals surface area contributed by atoms with Crippen molar-refractivity contribution in [3.63, 3.8) is 0 Å². The molecule has 4 saturated heterocycles. The van der Waals surface area contributed by atoms with E-state index in [4.69, 9.17) is 14.5 Å². The van der Waals surface area contributed by atoms with E-state index in [-0.39, 0.29) is 41.2 Å². The van der Waals surface area contributed by atoms with Crippen LogP contribution < -0.4 is 9.64 Å². The summed E-state index contributed by atoms with van der Waals surface area (Å²) in [4.78, 5) is 18.1. The highest BCUT2D eigenvalue weighted by molar-refractivity contribution is 6.01. The number of hydrogen-bond donors (Lipinski definition) is 1. The smallest absolute Gasteiger partial charge is 0.319 e. The lowest BCUT2D eigenvalue weighted by Gasteiger charge is -2.31. The molecule has 8 rings (SSSR count). The molecule has 4 atom stereocenters. The number of ether oxygens (including phenoxy) is 2. The highest BCUT2D eigenvalue weighted by atomic mass is 19.1. The van der Waals surface area contributed by atoms with Crippen LogP contribution in [0.3, 0.4) is 0 Å². The fourth-order valence-electron chi connectivity index (χ4n) is 8.05. The number of benzene rings is 2. The number of fused-ring (bicyclic) bond motifs is 4. The predicted octanol–water partition coefficient (Wildman–Crippen LogP) is 5.57. The molecule has 4 aliphatic rings. The standard InChI is InChI=1S/C33H34F3N5O3/c1-2-22-25(35)5-4-18-10-21(42)11-23(27(18)22)29-28(36)30-24(13-37-29)31(40-14-19-6-9-43-26(19)16-40)39-32(38-30)44-17-33-7-3-8-41(33)15-20(34)12-33/h4-5,10-11,13,19-20,26,42H,2-3,6-9,12,14-17H2,1H3/t19?,20-,26?,33+/m1/s1. The third-order valence-electron chi connectivity index (χ3n) is 10.1. The third kappa shape index (κ3) is 4.38. The highest BCUT2D eigenvalue weighted by Crippen LogP contribution is 2.42. The number of hydrogen-bond acceptors (Lipinski definition) is 8. The summed E-state index contributed by atoms with van der Waals surface area (Å²) in [5, 5.41) is 12.1. The Morgan fingerprint density at radius 1 is 1.16 bits per heavy atom. The van der Waals surface area contributed by atoms with Gasteiger partial charge in [-0.3, -0.25) is 9.88 Å². The van der Waals surface area contributed by atoms with E-state index >= 15 is 4.39 Å². The molecule has 44 heavy (non-hydrogen) atoms. The summed E-state index contributed by atoms with van der Waals surface area (Å²) in [6.07, 6.45) is 4.23. The van der Waals surface area contributed by atoms with Crippen molar-refractivity contribution in [1.82, 2.24) is 19.9 Å². The van der Waals surface area contributed by atoms with Crippen LogP contribution in [-0.2, 0) is 11.2 Å². The Balaban J connectivity index is 1.26. The van der Waals surface area contributed by atoms with E-state index in [1.807, 2.05) is 6.92 Å². The molecule has 0 bridgehead atoms. The van der Waals surface area contributed by atoms with Gasteiger partial charge >= 0.3 is 6.01 Å². The molecule has 0 saturated carbocycles.